The van der Waals surface area contributed by atoms with Crippen molar-refractivity contribution in [3.63, 3.8) is 0 Å². The van der Waals surface area contributed by atoms with Gasteiger partial charge in [-0.25, -0.2) is 9.97 Å². The van der Waals surface area contributed by atoms with Crippen LogP contribution in [0.15, 0.2) is 6.07 Å². The zero-order valence-corrected chi connectivity index (χ0v) is 9.76. The lowest BCUT2D eigenvalue weighted by Gasteiger charge is -2.23. The maximum Gasteiger partial charge on any atom is 0.451 e. The molecule has 1 heterocycles. The number of hydrogen-bond donors (Lipinski definition) is 0. The summed E-state index contributed by atoms with van der Waals surface area (Å²) in [6.45, 7) is 3.67. The molecular formula is C9H11ClF3N3. The fraction of sp³-hybridized carbons (Fsp3) is 0.556. The van der Waals surface area contributed by atoms with Gasteiger partial charge in [-0.15, -0.1) is 0 Å². The zero-order chi connectivity index (χ0) is 12.5. The quantitative estimate of drug-likeness (QED) is 0.759. The Morgan fingerprint density at radius 3 is 2.31 bits per heavy atom. The van der Waals surface area contributed by atoms with Crippen LogP contribution in [0.5, 0.6) is 0 Å². The first kappa shape index (κ1) is 13.0. The molecule has 1 rings (SSSR count). The monoisotopic (exact) mass is 253 g/mol. The summed E-state index contributed by atoms with van der Waals surface area (Å²) < 4.78 is 37.2. The first-order valence-electron chi connectivity index (χ1n) is 4.56. The highest BCUT2D eigenvalue weighted by Gasteiger charge is 2.35. The van der Waals surface area contributed by atoms with Crippen molar-refractivity contribution in [2.45, 2.75) is 26.1 Å². The summed E-state index contributed by atoms with van der Waals surface area (Å²) in [7, 11) is 1.64. The lowest BCUT2D eigenvalue weighted by molar-refractivity contribution is -0.144. The Morgan fingerprint density at radius 1 is 1.31 bits per heavy atom. The van der Waals surface area contributed by atoms with Gasteiger partial charge in [0.2, 0.25) is 5.82 Å². The second-order valence-corrected chi connectivity index (χ2v) is 3.96. The minimum atomic E-state index is -4.59. The van der Waals surface area contributed by atoms with E-state index in [4.69, 9.17) is 11.6 Å². The standard InChI is InChI=1S/C9H11ClF3N3/c1-5(2)16(3)7-4-6(10)14-8(15-7)9(11,12)13/h4-5H,1-3H3. The van der Waals surface area contributed by atoms with Crippen LogP contribution in [0.2, 0.25) is 5.15 Å². The Morgan fingerprint density at radius 2 is 1.88 bits per heavy atom. The molecule has 0 aromatic carbocycles. The van der Waals surface area contributed by atoms with E-state index in [2.05, 4.69) is 9.97 Å². The second-order valence-electron chi connectivity index (χ2n) is 3.57. The minimum Gasteiger partial charge on any atom is -0.357 e. The molecule has 0 aliphatic heterocycles. The summed E-state index contributed by atoms with van der Waals surface area (Å²) in [5, 5.41) is -0.218. The van der Waals surface area contributed by atoms with Gasteiger partial charge in [0.1, 0.15) is 11.0 Å². The lowest BCUT2D eigenvalue weighted by atomic mass is 10.3. The molecule has 0 atom stereocenters. The molecule has 0 bridgehead atoms. The van der Waals surface area contributed by atoms with Gasteiger partial charge in [0.05, 0.1) is 0 Å². The molecule has 0 saturated heterocycles. The minimum absolute atomic E-state index is 0.0204. The molecular weight excluding hydrogens is 243 g/mol. The summed E-state index contributed by atoms with van der Waals surface area (Å²) in [6.07, 6.45) is -4.59. The van der Waals surface area contributed by atoms with Gasteiger partial charge < -0.3 is 4.90 Å². The predicted octanol–water partition coefficient (Wildman–Crippen LogP) is 2.99. The van der Waals surface area contributed by atoms with Gasteiger partial charge in [-0.3, -0.25) is 0 Å². The van der Waals surface area contributed by atoms with Crippen LogP contribution in [-0.4, -0.2) is 23.1 Å². The third-order valence-corrected chi connectivity index (χ3v) is 2.26. The van der Waals surface area contributed by atoms with Gasteiger partial charge in [0.25, 0.3) is 0 Å². The van der Waals surface area contributed by atoms with Gasteiger partial charge in [0, 0.05) is 19.2 Å². The fourth-order valence-corrected chi connectivity index (χ4v) is 1.16. The SMILES string of the molecule is CC(C)N(C)c1cc(Cl)nc(C(F)(F)F)n1. The van der Waals surface area contributed by atoms with E-state index < -0.39 is 12.0 Å². The van der Waals surface area contributed by atoms with Crippen molar-refractivity contribution in [2.24, 2.45) is 0 Å². The van der Waals surface area contributed by atoms with Crippen LogP contribution in [0, 0.1) is 0 Å². The van der Waals surface area contributed by atoms with Gasteiger partial charge in [-0.1, -0.05) is 11.6 Å². The maximum atomic E-state index is 12.4. The molecule has 1 aromatic rings. The fourth-order valence-electron chi connectivity index (χ4n) is 0.978. The highest BCUT2D eigenvalue weighted by atomic mass is 35.5. The van der Waals surface area contributed by atoms with Crippen LogP contribution >= 0.6 is 11.6 Å². The van der Waals surface area contributed by atoms with Crippen LogP contribution in [0.3, 0.4) is 0 Å². The summed E-state index contributed by atoms with van der Waals surface area (Å²) >= 11 is 5.53. The molecule has 0 amide bonds. The number of rotatable bonds is 2. The molecule has 0 spiro atoms. The Hall–Kier alpha value is -1.04. The van der Waals surface area contributed by atoms with Crippen molar-refractivity contribution < 1.29 is 13.2 Å². The third kappa shape index (κ3) is 2.98. The molecule has 0 radical (unpaired) electrons. The highest BCUT2D eigenvalue weighted by Crippen LogP contribution is 2.29. The van der Waals surface area contributed by atoms with Crippen LogP contribution in [-0.2, 0) is 6.18 Å². The summed E-state index contributed by atoms with van der Waals surface area (Å²) in [6, 6.07) is 1.32. The number of nitrogens with zero attached hydrogens (tertiary/aromatic N) is 3. The maximum absolute atomic E-state index is 12.4. The van der Waals surface area contributed by atoms with Gasteiger partial charge >= 0.3 is 6.18 Å². The first-order valence-corrected chi connectivity index (χ1v) is 4.94. The largest absolute Gasteiger partial charge is 0.451 e. The van der Waals surface area contributed by atoms with E-state index in [1.54, 1.807) is 11.9 Å². The summed E-state index contributed by atoms with van der Waals surface area (Å²) in [4.78, 5) is 8.17. The van der Waals surface area contributed by atoms with E-state index in [1.807, 2.05) is 13.8 Å². The molecule has 0 N–H and O–H groups in total. The van der Waals surface area contributed by atoms with Crippen LogP contribution in [0.1, 0.15) is 19.7 Å². The molecule has 16 heavy (non-hydrogen) atoms. The molecule has 90 valence electrons. The van der Waals surface area contributed by atoms with Gasteiger partial charge in [-0.2, -0.15) is 13.2 Å². The number of aromatic nitrogens is 2. The predicted molar refractivity (Wildman–Crippen MR) is 55.6 cm³/mol. The average molecular weight is 254 g/mol. The number of hydrogen-bond acceptors (Lipinski definition) is 3. The van der Waals surface area contributed by atoms with E-state index in [1.165, 1.54) is 6.07 Å². The molecule has 3 nitrogen and oxygen atoms in total. The molecule has 0 unspecified atom stereocenters. The summed E-state index contributed by atoms with van der Waals surface area (Å²) in [5.74, 6) is -1.06. The molecule has 0 fully saturated rings. The molecule has 0 aliphatic carbocycles. The molecule has 7 heteroatoms. The smallest absolute Gasteiger partial charge is 0.357 e. The Kier molecular flexibility index (Phi) is 3.62. The molecule has 0 aliphatic rings. The first-order chi connectivity index (χ1) is 7.21. The summed E-state index contributed by atoms with van der Waals surface area (Å²) in [5.41, 5.74) is 0. The topological polar surface area (TPSA) is 29.0 Å². The van der Waals surface area contributed by atoms with E-state index in [0.29, 0.717) is 0 Å². The zero-order valence-electron chi connectivity index (χ0n) is 9.01. The van der Waals surface area contributed by atoms with E-state index in [9.17, 15) is 13.2 Å². The number of anilines is 1. The van der Waals surface area contributed by atoms with Crippen molar-refractivity contribution in [1.29, 1.82) is 0 Å². The van der Waals surface area contributed by atoms with Gasteiger partial charge in [-0.05, 0) is 13.8 Å². The van der Waals surface area contributed by atoms with E-state index >= 15 is 0 Å². The van der Waals surface area contributed by atoms with Crippen molar-refractivity contribution in [3.05, 3.63) is 17.0 Å². The second kappa shape index (κ2) is 4.45. The van der Waals surface area contributed by atoms with Crippen LogP contribution in [0.25, 0.3) is 0 Å². The Labute approximate surface area is 96.3 Å². The van der Waals surface area contributed by atoms with Crippen LogP contribution in [0.4, 0.5) is 19.0 Å². The van der Waals surface area contributed by atoms with Crippen molar-refractivity contribution in [2.75, 3.05) is 11.9 Å². The number of alkyl halides is 3. The van der Waals surface area contributed by atoms with E-state index in [0.717, 1.165) is 0 Å². The number of halogens is 4. The lowest BCUT2D eigenvalue weighted by Crippen LogP contribution is -2.27. The third-order valence-electron chi connectivity index (χ3n) is 2.07. The van der Waals surface area contributed by atoms with Crippen molar-refractivity contribution in [3.8, 4) is 0 Å². The average Bonchev–Trinajstić information content (AvgIpc) is 2.14. The van der Waals surface area contributed by atoms with Crippen LogP contribution < -0.4 is 4.90 Å². The van der Waals surface area contributed by atoms with Gasteiger partial charge in [0.15, 0.2) is 0 Å². The normalized spacial score (nSPS) is 12.0. The van der Waals surface area contributed by atoms with Crippen molar-refractivity contribution in [1.82, 2.24) is 9.97 Å². The molecule has 0 saturated carbocycles. The van der Waals surface area contributed by atoms with E-state index in [-0.39, 0.29) is 17.0 Å². The highest BCUT2D eigenvalue weighted by molar-refractivity contribution is 6.29. The Bertz CT molecular complexity index is 379. The molecule has 1 aromatic heterocycles. The van der Waals surface area contributed by atoms with Crippen molar-refractivity contribution >= 4 is 17.4 Å². The Balaban J connectivity index is 3.18.